The van der Waals surface area contributed by atoms with Gasteiger partial charge in [-0.2, -0.15) is 17.6 Å². The highest BCUT2D eigenvalue weighted by molar-refractivity contribution is 5.60. The monoisotopic (exact) mass is 325 g/mol. The Kier molecular flexibility index (Phi) is 4.51. The maximum atomic E-state index is 13.7. The fraction of sp³-hybridized carbons (Fsp3) is 0.571. The Balaban J connectivity index is 2.36. The molecule has 1 aromatic carbocycles. The van der Waals surface area contributed by atoms with Crippen molar-refractivity contribution in [3.05, 3.63) is 23.8 Å². The zero-order valence-electron chi connectivity index (χ0n) is 12.1. The van der Waals surface area contributed by atoms with Crippen molar-refractivity contribution in [3.8, 4) is 5.75 Å². The lowest BCUT2D eigenvalue weighted by atomic mass is 10.0. The summed E-state index contributed by atoms with van der Waals surface area (Å²) in [5.74, 6) is -2.75. The van der Waals surface area contributed by atoms with Crippen molar-refractivity contribution in [3.63, 3.8) is 0 Å². The van der Waals surface area contributed by atoms with Crippen LogP contribution in [0.4, 0.5) is 27.6 Å². The van der Waals surface area contributed by atoms with Crippen molar-refractivity contribution >= 4 is 5.69 Å². The third kappa shape index (κ3) is 2.71. The molecular formula is C14H16F5NO2. The normalized spacial score (nSPS) is 22.2. The molecule has 0 saturated carbocycles. The molecule has 1 aromatic rings. The number of anilines is 1. The topological polar surface area (TPSA) is 21.7 Å². The van der Waals surface area contributed by atoms with Gasteiger partial charge in [-0.3, -0.25) is 0 Å². The van der Waals surface area contributed by atoms with Crippen molar-refractivity contribution in [2.75, 3.05) is 31.7 Å². The number of halogens is 5. The molecule has 0 bridgehead atoms. The Morgan fingerprint density at radius 1 is 1.27 bits per heavy atom. The van der Waals surface area contributed by atoms with Crippen LogP contribution in [-0.2, 0) is 4.74 Å². The van der Waals surface area contributed by atoms with Gasteiger partial charge in [0.25, 0.3) is 0 Å². The summed E-state index contributed by atoms with van der Waals surface area (Å²) in [6, 6.07) is 2.07. The van der Waals surface area contributed by atoms with E-state index in [0.717, 1.165) is 13.2 Å². The van der Waals surface area contributed by atoms with Gasteiger partial charge < -0.3 is 14.4 Å². The summed E-state index contributed by atoms with van der Waals surface area (Å²) in [5, 5.41) is 0. The number of hydrogen-bond donors (Lipinski definition) is 0. The summed E-state index contributed by atoms with van der Waals surface area (Å²) < 4.78 is 76.6. The maximum absolute atomic E-state index is 13.7. The SMILES string of the molecule is CCO[C@]1(C(F)(F)F)CCN(c2ccc(F)c(F)c2OC)C1. The van der Waals surface area contributed by atoms with E-state index in [4.69, 9.17) is 9.47 Å². The molecule has 1 atom stereocenters. The van der Waals surface area contributed by atoms with Crippen LogP contribution in [0.25, 0.3) is 0 Å². The largest absolute Gasteiger partial charge is 0.491 e. The first-order valence-corrected chi connectivity index (χ1v) is 6.73. The number of rotatable bonds is 4. The molecule has 22 heavy (non-hydrogen) atoms. The van der Waals surface area contributed by atoms with Crippen molar-refractivity contribution in [1.29, 1.82) is 0 Å². The highest BCUT2D eigenvalue weighted by Gasteiger charge is 2.59. The van der Waals surface area contributed by atoms with E-state index in [0.29, 0.717) is 0 Å². The maximum Gasteiger partial charge on any atom is 0.419 e. The smallest absolute Gasteiger partial charge is 0.419 e. The Bertz CT molecular complexity index is 549. The molecule has 3 nitrogen and oxygen atoms in total. The zero-order chi connectivity index (χ0) is 16.5. The summed E-state index contributed by atoms with van der Waals surface area (Å²) in [6.45, 7) is 0.892. The predicted molar refractivity (Wildman–Crippen MR) is 70.2 cm³/mol. The van der Waals surface area contributed by atoms with E-state index in [2.05, 4.69) is 0 Å². The minimum atomic E-state index is -4.55. The number of benzene rings is 1. The molecule has 1 aliphatic rings. The number of alkyl halides is 3. The molecule has 0 aromatic heterocycles. The van der Waals surface area contributed by atoms with Gasteiger partial charge in [-0.05, 0) is 19.1 Å². The third-order valence-corrected chi connectivity index (χ3v) is 3.74. The van der Waals surface area contributed by atoms with Crippen LogP contribution >= 0.6 is 0 Å². The third-order valence-electron chi connectivity index (χ3n) is 3.74. The molecule has 1 aliphatic heterocycles. The van der Waals surface area contributed by atoms with E-state index in [-0.39, 0.29) is 25.3 Å². The average molecular weight is 325 g/mol. The second-order valence-corrected chi connectivity index (χ2v) is 5.01. The number of hydrogen-bond acceptors (Lipinski definition) is 3. The van der Waals surface area contributed by atoms with E-state index in [1.807, 2.05) is 0 Å². The van der Waals surface area contributed by atoms with Crippen LogP contribution in [-0.4, -0.2) is 38.6 Å². The molecule has 0 N–H and O–H groups in total. The van der Waals surface area contributed by atoms with Gasteiger partial charge in [0.2, 0.25) is 5.82 Å². The Morgan fingerprint density at radius 2 is 1.95 bits per heavy atom. The first kappa shape index (κ1) is 16.8. The van der Waals surface area contributed by atoms with Crippen LogP contribution in [0.3, 0.4) is 0 Å². The second kappa shape index (κ2) is 5.91. The predicted octanol–water partition coefficient (Wildman–Crippen LogP) is 3.52. The number of nitrogens with zero attached hydrogens (tertiary/aromatic N) is 1. The van der Waals surface area contributed by atoms with Crippen LogP contribution < -0.4 is 9.64 Å². The van der Waals surface area contributed by atoms with Gasteiger partial charge in [0.05, 0.1) is 19.3 Å². The molecule has 0 spiro atoms. The average Bonchev–Trinajstić information content (AvgIpc) is 2.87. The summed E-state index contributed by atoms with van der Waals surface area (Å²) >= 11 is 0. The molecule has 8 heteroatoms. The molecule has 1 heterocycles. The minimum Gasteiger partial charge on any atom is -0.491 e. The molecule has 1 saturated heterocycles. The minimum absolute atomic E-state index is 0.000935. The second-order valence-electron chi connectivity index (χ2n) is 5.01. The Labute approximate surface area is 124 Å². The van der Waals surface area contributed by atoms with Crippen LogP contribution in [0.1, 0.15) is 13.3 Å². The Morgan fingerprint density at radius 3 is 2.50 bits per heavy atom. The lowest BCUT2D eigenvalue weighted by molar-refractivity contribution is -0.267. The van der Waals surface area contributed by atoms with E-state index < -0.39 is 35.7 Å². The summed E-state index contributed by atoms with van der Waals surface area (Å²) in [4.78, 5) is 1.30. The molecule has 0 aliphatic carbocycles. The van der Waals surface area contributed by atoms with Gasteiger partial charge in [0, 0.05) is 19.6 Å². The molecule has 2 rings (SSSR count). The molecule has 0 amide bonds. The van der Waals surface area contributed by atoms with E-state index in [1.165, 1.54) is 17.9 Å². The van der Waals surface area contributed by atoms with Crippen LogP contribution in [0.2, 0.25) is 0 Å². The van der Waals surface area contributed by atoms with Crippen molar-refractivity contribution in [1.82, 2.24) is 0 Å². The summed E-state index contributed by atoms with van der Waals surface area (Å²) in [5.41, 5.74) is -2.23. The first-order valence-electron chi connectivity index (χ1n) is 6.73. The van der Waals surface area contributed by atoms with E-state index in [9.17, 15) is 22.0 Å². The van der Waals surface area contributed by atoms with Crippen molar-refractivity contribution < 1.29 is 31.4 Å². The lowest BCUT2D eigenvalue weighted by Crippen LogP contribution is -2.50. The lowest BCUT2D eigenvalue weighted by Gasteiger charge is -2.32. The van der Waals surface area contributed by atoms with Gasteiger partial charge in [0.1, 0.15) is 0 Å². The van der Waals surface area contributed by atoms with Crippen LogP contribution in [0.5, 0.6) is 5.75 Å². The summed E-state index contributed by atoms with van der Waals surface area (Å²) in [7, 11) is 1.14. The molecular weight excluding hydrogens is 309 g/mol. The highest BCUT2D eigenvalue weighted by atomic mass is 19.4. The van der Waals surface area contributed by atoms with E-state index >= 15 is 0 Å². The van der Waals surface area contributed by atoms with Crippen molar-refractivity contribution in [2.45, 2.75) is 25.1 Å². The first-order chi connectivity index (χ1) is 10.3. The van der Waals surface area contributed by atoms with Gasteiger partial charge >= 0.3 is 6.18 Å². The fourth-order valence-electron chi connectivity index (χ4n) is 2.66. The van der Waals surface area contributed by atoms with Crippen LogP contribution in [0.15, 0.2) is 12.1 Å². The standard InChI is InChI=1S/C14H16F5NO2/c1-3-22-13(14(17,18)19)6-7-20(8-13)10-5-4-9(15)11(16)12(10)21-2/h4-5H,3,6-8H2,1-2H3/t13-/m1/s1. The molecule has 124 valence electrons. The molecule has 0 radical (unpaired) electrons. The number of methoxy groups -OCH3 is 1. The zero-order valence-corrected chi connectivity index (χ0v) is 12.1. The number of ether oxygens (including phenoxy) is 2. The van der Waals surface area contributed by atoms with Gasteiger partial charge in [-0.1, -0.05) is 0 Å². The fourth-order valence-corrected chi connectivity index (χ4v) is 2.66. The molecule has 0 unspecified atom stereocenters. The van der Waals surface area contributed by atoms with Gasteiger partial charge in [-0.15, -0.1) is 0 Å². The van der Waals surface area contributed by atoms with Gasteiger partial charge in [-0.25, -0.2) is 4.39 Å². The van der Waals surface area contributed by atoms with Crippen molar-refractivity contribution in [2.24, 2.45) is 0 Å². The highest BCUT2D eigenvalue weighted by Crippen LogP contribution is 2.44. The molecule has 1 fully saturated rings. The summed E-state index contributed by atoms with van der Waals surface area (Å²) in [6.07, 6.45) is -4.84. The van der Waals surface area contributed by atoms with Gasteiger partial charge in [0.15, 0.2) is 17.2 Å². The Hall–Kier alpha value is -1.57. The van der Waals surface area contributed by atoms with Crippen LogP contribution in [0, 0.1) is 11.6 Å². The quantitative estimate of drug-likeness (QED) is 0.791. The van der Waals surface area contributed by atoms with E-state index in [1.54, 1.807) is 0 Å².